The van der Waals surface area contributed by atoms with Crippen LogP contribution in [0.5, 0.6) is 5.75 Å². The number of pyridine rings is 1. The molecule has 2 amide bonds. The Hall–Kier alpha value is -4.67. The Labute approximate surface area is 206 Å². The Bertz CT molecular complexity index is 1460. The van der Waals surface area contributed by atoms with Crippen molar-refractivity contribution in [2.24, 2.45) is 0 Å². The third-order valence-electron chi connectivity index (χ3n) is 6.38. The summed E-state index contributed by atoms with van der Waals surface area (Å²) in [5.74, 6) is -0.344. The van der Waals surface area contributed by atoms with Crippen LogP contribution < -0.4 is 10.5 Å². The quantitative estimate of drug-likeness (QED) is 0.324. The van der Waals surface area contributed by atoms with Crippen LogP contribution in [-0.2, 0) is 4.79 Å². The number of piperazine rings is 1. The van der Waals surface area contributed by atoms with Crippen LogP contribution in [0.15, 0.2) is 55.0 Å². The zero-order valence-corrected chi connectivity index (χ0v) is 19.8. The van der Waals surface area contributed by atoms with Gasteiger partial charge >= 0.3 is 0 Å². The highest BCUT2D eigenvalue weighted by atomic mass is 16.5. The molecule has 3 N–H and O–H groups in total. The van der Waals surface area contributed by atoms with Crippen molar-refractivity contribution in [3.63, 3.8) is 0 Å². The lowest BCUT2D eigenvalue weighted by Crippen LogP contribution is -2.56. The maximum Gasteiger partial charge on any atom is 0.295 e. The smallest absolute Gasteiger partial charge is 0.295 e. The largest absolute Gasteiger partial charge is 0.494 e. The van der Waals surface area contributed by atoms with Gasteiger partial charge in [0.25, 0.3) is 17.6 Å². The number of nitrogen functional groups attached to an aromatic ring is 1. The molecule has 0 bridgehead atoms. The number of rotatable bonds is 5. The van der Waals surface area contributed by atoms with Crippen LogP contribution in [0.1, 0.15) is 27.6 Å². The molecule has 0 spiro atoms. The highest BCUT2D eigenvalue weighted by Gasteiger charge is 2.34. The number of carbonyl (C=O) groups is 3. The average molecular weight is 488 g/mol. The highest BCUT2D eigenvalue weighted by molar-refractivity contribution is 6.45. The van der Waals surface area contributed by atoms with Gasteiger partial charge in [-0.05, 0) is 19.1 Å². The number of aromatic nitrogens is 4. The van der Waals surface area contributed by atoms with Crippen molar-refractivity contribution >= 4 is 34.3 Å². The monoisotopic (exact) mass is 487 g/mol. The molecule has 36 heavy (non-hydrogen) atoms. The summed E-state index contributed by atoms with van der Waals surface area (Å²) in [5, 5.41) is 4.60. The molecule has 1 aliphatic heterocycles. The molecule has 1 unspecified atom stereocenters. The average Bonchev–Trinajstić information content (AvgIpc) is 3.54. The molecule has 1 fully saturated rings. The van der Waals surface area contributed by atoms with E-state index in [2.05, 4.69) is 15.1 Å². The first-order chi connectivity index (χ1) is 17.4. The maximum atomic E-state index is 13.4. The van der Waals surface area contributed by atoms with Gasteiger partial charge in [-0.3, -0.25) is 14.4 Å². The van der Waals surface area contributed by atoms with Gasteiger partial charge in [0.1, 0.15) is 11.6 Å². The van der Waals surface area contributed by atoms with Crippen LogP contribution in [0.2, 0.25) is 0 Å². The molecular weight excluding hydrogens is 462 g/mol. The number of carbonyl (C=O) groups excluding carboxylic acids is 3. The Morgan fingerprint density at radius 3 is 2.58 bits per heavy atom. The van der Waals surface area contributed by atoms with Gasteiger partial charge < -0.3 is 25.3 Å². The van der Waals surface area contributed by atoms with Gasteiger partial charge in [-0.2, -0.15) is 9.78 Å². The lowest BCUT2D eigenvalue weighted by Gasteiger charge is -2.39. The van der Waals surface area contributed by atoms with Crippen molar-refractivity contribution in [2.45, 2.75) is 13.0 Å². The van der Waals surface area contributed by atoms with E-state index in [0.29, 0.717) is 40.4 Å². The summed E-state index contributed by atoms with van der Waals surface area (Å²) < 4.78 is 6.87. The summed E-state index contributed by atoms with van der Waals surface area (Å²) in [5.41, 5.74) is 7.21. The van der Waals surface area contributed by atoms with Crippen LogP contribution in [0.3, 0.4) is 0 Å². The van der Waals surface area contributed by atoms with E-state index in [0.717, 1.165) is 0 Å². The second-order valence-electron chi connectivity index (χ2n) is 8.56. The number of anilines is 1. The van der Waals surface area contributed by atoms with Crippen molar-refractivity contribution in [1.82, 2.24) is 29.5 Å². The lowest BCUT2D eigenvalue weighted by atomic mass is 10.1. The first-order valence-corrected chi connectivity index (χ1v) is 11.4. The summed E-state index contributed by atoms with van der Waals surface area (Å²) in [4.78, 5) is 50.2. The molecule has 5 rings (SSSR count). The second-order valence-corrected chi connectivity index (χ2v) is 8.56. The van der Waals surface area contributed by atoms with E-state index in [1.54, 1.807) is 23.1 Å². The number of hydrogen-bond donors (Lipinski definition) is 2. The van der Waals surface area contributed by atoms with Crippen LogP contribution in [0.4, 0.5) is 5.82 Å². The van der Waals surface area contributed by atoms with E-state index in [1.807, 2.05) is 25.1 Å². The molecule has 1 aromatic carbocycles. The number of ether oxygens (including phenoxy) is 1. The zero-order chi connectivity index (χ0) is 25.4. The molecule has 4 aromatic rings. The van der Waals surface area contributed by atoms with Crippen molar-refractivity contribution in [1.29, 1.82) is 0 Å². The topological polar surface area (TPSA) is 139 Å². The summed E-state index contributed by atoms with van der Waals surface area (Å²) in [7, 11) is 1.46. The number of amides is 2. The number of hydrogen-bond acceptors (Lipinski definition) is 7. The third-order valence-corrected chi connectivity index (χ3v) is 6.38. The Balaban J connectivity index is 1.40. The van der Waals surface area contributed by atoms with Gasteiger partial charge in [-0.15, -0.1) is 0 Å². The number of H-pyrrole nitrogens is 1. The standard InChI is InChI=1S/C25H25N7O4/c1-15-14-30(10-11-31(15)24(34)16-6-4-3-5-7-16)25(35)22(33)17-12-27-21-20(17)18(36-2)13-28-23(21)32-19(26)8-9-29-32/h3-9,12-13,15,27H,10-11,14,26H2,1-2H3. The first-order valence-electron chi connectivity index (χ1n) is 11.4. The fourth-order valence-corrected chi connectivity index (χ4v) is 4.54. The maximum absolute atomic E-state index is 13.4. The fourth-order valence-electron chi connectivity index (χ4n) is 4.54. The molecule has 0 radical (unpaired) electrons. The first kappa shape index (κ1) is 23.1. The van der Waals surface area contributed by atoms with E-state index < -0.39 is 11.7 Å². The molecule has 184 valence electrons. The second kappa shape index (κ2) is 9.17. The van der Waals surface area contributed by atoms with Crippen LogP contribution in [0.25, 0.3) is 16.7 Å². The molecule has 0 aliphatic carbocycles. The SMILES string of the molecule is COc1cnc(-n2nccc2N)c2[nH]cc(C(=O)C(=O)N3CCN(C(=O)c4ccccc4)C(C)C3)c12. The molecule has 1 aliphatic rings. The van der Waals surface area contributed by atoms with Gasteiger partial charge in [-0.1, -0.05) is 18.2 Å². The van der Waals surface area contributed by atoms with E-state index in [-0.39, 0.29) is 30.6 Å². The van der Waals surface area contributed by atoms with Gasteiger partial charge in [0.15, 0.2) is 5.82 Å². The molecule has 1 saturated heterocycles. The molecule has 3 aromatic heterocycles. The minimum atomic E-state index is -0.680. The third kappa shape index (κ3) is 3.84. The molecule has 4 heterocycles. The minimum absolute atomic E-state index is 0.0965. The van der Waals surface area contributed by atoms with E-state index in [9.17, 15) is 14.4 Å². The van der Waals surface area contributed by atoms with Gasteiger partial charge in [0, 0.05) is 43.5 Å². The number of methoxy groups -OCH3 is 1. The summed E-state index contributed by atoms with van der Waals surface area (Å²) in [6.07, 6.45) is 4.47. The van der Waals surface area contributed by atoms with Gasteiger partial charge in [-0.25, -0.2) is 4.98 Å². The Kier molecular flexibility index (Phi) is 5.88. The highest BCUT2D eigenvalue weighted by Crippen LogP contribution is 2.32. The molecule has 11 nitrogen and oxygen atoms in total. The van der Waals surface area contributed by atoms with Crippen LogP contribution in [-0.4, -0.2) is 79.9 Å². The van der Waals surface area contributed by atoms with Crippen molar-refractivity contribution < 1.29 is 19.1 Å². The van der Waals surface area contributed by atoms with Crippen molar-refractivity contribution in [3.05, 3.63) is 66.1 Å². The van der Waals surface area contributed by atoms with Crippen LogP contribution >= 0.6 is 0 Å². The number of nitrogens with two attached hydrogens (primary N) is 1. The molecular formula is C25H25N7O4. The van der Waals surface area contributed by atoms with Crippen molar-refractivity contribution in [3.8, 4) is 11.6 Å². The predicted octanol–water partition coefficient (Wildman–Crippen LogP) is 1.90. The predicted molar refractivity (Wildman–Crippen MR) is 132 cm³/mol. The summed E-state index contributed by atoms with van der Waals surface area (Å²) >= 11 is 0. The number of nitrogens with zero attached hydrogens (tertiary/aromatic N) is 5. The summed E-state index contributed by atoms with van der Waals surface area (Å²) in [6.45, 7) is 2.70. The van der Waals surface area contributed by atoms with Gasteiger partial charge in [0.05, 0.1) is 36.0 Å². The molecule has 0 saturated carbocycles. The Morgan fingerprint density at radius 2 is 1.92 bits per heavy atom. The number of aromatic amines is 1. The normalized spacial score (nSPS) is 15.8. The number of fused-ring (bicyclic) bond motifs is 1. The van der Waals surface area contributed by atoms with E-state index >= 15 is 0 Å². The lowest BCUT2D eigenvalue weighted by molar-refractivity contribution is -0.128. The number of ketones is 1. The molecule has 11 heteroatoms. The number of benzene rings is 1. The van der Waals surface area contributed by atoms with E-state index in [1.165, 1.54) is 35.3 Å². The fraction of sp³-hybridized carbons (Fsp3) is 0.240. The zero-order valence-electron chi connectivity index (χ0n) is 19.8. The number of Topliss-reactive ketones (excluding diaryl/α,β-unsaturated/α-hetero) is 1. The van der Waals surface area contributed by atoms with Crippen LogP contribution in [0, 0.1) is 0 Å². The van der Waals surface area contributed by atoms with Gasteiger partial charge in [0.2, 0.25) is 0 Å². The number of nitrogens with one attached hydrogen (secondary N) is 1. The molecule has 1 atom stereocenters. The Morgan fingerprint density at radius 1 is 1.14 bits per heavy atom. The minimum Gasteiger partial charge on any atom is -0.494 e. The van der Waals surface area contributed by atoms with Crippen molar-refractivity contribution in [2.75, 3.05) is 32.5 Å². The van der Waals surface area contributed by atoms with E-state index in [4.69, 9.17) is 10.5 Å². The summed E-state index contributed by atoms with van der Waals surface area (Å²) in [6, 6.07) is 10.4.